The van der Waals surface area contributed by atoms with Crippen molar-refractivity contribution in [1.29, 1.82) is 0 Å². The third kappa shape index (κ3) is 2.65. The van der Waals surface area contributed by atoms with E-state index in [4.69, 9.17) is 0 Å². The van der Waals surface area contributed by atoms with Gasteiger partial charge in [0, 0.05) is 19.2 Å². The van der Waals surface area contributed by atoms with Crippen LogP contribution in [0.2, 0.25) is 0 Å². The predicted molar refractivity (Wildman–Crippen MR) is 67.8 cm³/mol. The number of carbonyl (C=O) groups excluding carboxylic acids is 1. The Morgan fingerprint density at radius 2 is 2.29 bits per heavy atom. The van der Waals surface area contributed by atoms with Gasteiger partial charge in [-0.1, -0.05) is 25.5 Å². The number of Topliss-reactive ketones (excluding diaryl/α,β-unsaturated/α-hetero) is 1. The zero-order chi connectivity index (χ0) is 12.4. The van der Waals surface area contributed by atoms with Crippen LogP contribution in [0.1, 0.15) is 43.6 Å². The van der Waals surface area contributed by atoms with Gasteiger partial charge in [0.15, 0.2) is 5.78 Å². The van der Waals surface area contributed by atoms with Gasteiger partial charge in [0.05, 0.1) is 0 Å². The van der Waals surface area contributed by atoms with Crippen molar-refractivity contribution in [2.24, 2.45) is 18.9 Å². The predicted octanol–water partition coefficient (Wildman–Crippen LogP) is 2.99. The normalized spacial score (nSPS) is 20.5. The Labute approximate surface area is 103 Å². The molecule has 1 aliphatic rings. The van der Waals surface area contributed by atoms with E-state index in [9.17, 15) is 4.79 Å². The second kappa shape index (κ2) is 4.86. The van der Waals surface area contributed by atoms with Crippen LogP contribution in [0.5, 0.6) is 0 Å². The second-order valence-electron chi connectivity index (χ2n) is 5.14. The molecule has 3 nitrogen and oxygen atoms in total. The van der Waals surface area contributed by atoms with E-state index in [1.54, 1.807) is 4.68 Å². The lowest BCUT2D eigenvalue weighted by Crippen LogP contribution is -2.19. The van der Waals surface area contributed by atoms with E-state index in [-0.39, 0.29) is 11.7 Å². The summed E-state index contributed by atoms with van der Waals surface area (Å²) in [5.74, 6) is 0.943. The molecule has 2 rings (SSSR count). The van der Waals surface area contributed by atoms with Gasteiger partial charge in [-0.2, -0.15) is 5.10 Å². The largest absolute Gasteiger partial charge is 0.292 e. The summed E-state index contributed by atoms with van der Waals surface area (Å²) >= 11 is 0. The lowest BCUT2D eigenvalue weighted by molar-refractivity contribution is 0.0904. The molecular weight excluding hydrogens is 212 g/mol. The van der Waals surface area contributed by atoms with Crippen molar-refractivity contribution in [2.45, 2.75) is 33.1 Å². The number of hydrogen-bond donors (Lipinski definition) is 0. The number of ketones is 1. The molecule has 1 aromatic rings. The Morgan fingerprint density at radius 1 is 1.53 bits per heavy atom. The maximum atomic E-state index is 12.2. The molecule has 3 heteroatoms. The van der Waals surface area contributed by atoms with Crippen LogP contribution in [0.4, 0.5) is 0 Å². The van der Waals surface area contributed by atoms with E-state index in [1.807, 2.05) is 19.3 Å². The Balaban J connectivity index is 2.04. The molecule has 0 bridgehead atoms. The maximum Gasteiger partial charge on any atom is 0.186 e. The molecule has 1 aliphatic carbocycles. The molecule has 0 spiro atoms. The molecule has 1 heterocycles. The van der Waals surface area contributed by atoms with Crippen LogP contribution >= 0.6 is 0 Å². The fraction of sp³-hybridized carbons (Fsp3) is 0.571. The van der Waals surface area contributed by atoms with Crippen molar-refractivity contribution in [3.05, 3.63) is 29.6 Å². The molecule has 0 amide bonds. The van der Waals surface area contributed by atoms with Crippen molar-refractivity contribution < 1.29 is 4.79 Å². The molecule has 92 valence electrons. The Morgan fingerprint density at radius 3 is 2.76 bits per heavy atom. The summed E-state index contributed by atoms with van der Waals surface area (Å²) in [6.45, 7) is 4.43. The first-order valence-corrected chi connectivity index (χ1v) is 6.30. The first-order valence-electron chi connectivity index (χ1n) is 6.30. The fourth-order valence-electron chi connectivity index (χ4n) is 2.37. The van der Waals surface area contributed by atoms with E-state index < -0.39 is 0 Å². The summed E-state index contributed by atoms with van der Waals surface area (Å²) in [7, 11) is 1.84. The van der Waals surface area contributed by atoms with Gasteiger partial charge in [0.1, 0.15) is 5.69 Å². The first kappa shape index (κ1) is 12.1. The van der Waals surface area contributed by atoms with Crippen molar-refractivity contribution in [2.75, 3.05) is 0 Å². The summed E-state index contributed by atoms with van der Waals surface area (Å²) < 4.78 is 1.69. The molecule has 0 aromatic carbocycles. The summed E-state index contributed by atoms with van der Waals surface area (Å²) in [5.41, 5.74) is 2.11. The minimum atomic E-state index is 0.132. The third-order valence-corrected chi connectivity index (χ3v) is 3.52. The summed E-state index contributed by atoms with van der Waals surface area (Å²) in [6.07, 6.45) is 6.98. The zero-order valence-electron chi connectivity index (χ0n) is 10.8. The van der Waals surface area contributed by atoms with E-state index in [1.165, 1.54) is 5.57 Å². The highest BCUT2D eigenvalue weighted by molar-refractivity contribution is 5.96. The van der Waals surface area contributed by atoms with Gasteiger partial charge in [-0.05, 0) is 31.2 Å². The topological polar surface area (TPSA) is 34.9 Å². The minimum absolute atomic E-state index is 0.132. The van der Waals surface area contributed by atoms with Gasteiger partial charge in [0.2, 0.25) is 0 Å². The molecule has 17 heavy (non-hydrogen) atoms. The SMILES string of the molecule is CC(C)C1=CCC(C(=O)c2ccn(C)n2)CC1. The molecule has 0 radical (unpaired) electrons. The van der Waals surface area contributed by atoms with Crippen LogP contribution < -0.4 is 0 Å². The number of aromatic nitrogens is 2. The summed E-state index contributed by atoms with van der Waals surface area (Å²) in [6, 6.07) is 1.81. The van der Waals surface area contributed by atoms with E-state index in [0.717, 1.165) is 19.3 Å². The second-order valence-corrected chi connectivity index (χ2v) is 5.14. The van der Waals surface area contributed by atoms with Crippen LogP contribution in [-0.4, -0.2) is 15.6 Å². The third-order valence-electron chi connectivity index (χ3n) is 3.52. The van der Waals surface area contributed by atoms with E-state index in [2.05, 4.69) is 25.0 Å². The Bertz CT molecular complexity index is 443. The van der Waals surface area contributed by atoms with E-state index in [0.29, 0.717) is 11.6 Å². The molecule has 1 unspecified atom stereocenters. The average molecular weight is 232 g/mol. The van der Waals surface area contributed by atoms with E-state index >= 15 is 0 Å². The zero-order valence-corrected chi connectivity index (χ0v) is 10.8. The summed E-state index contributed by atoms with van der Waals surface area (Å²) in [5, 5.41) is 4.19. The van der Waals surface area contributed by atoms with Crippen LogP contribution in [0, 0.1) is 11.8 Å². The Hall–Kier alpha value is -1.38. The first-order chi connectivity index (χ1) is 8.08. The number of rotatable bonds is 3. The number of carbonyl (C=O) groups is 1. The molecule has 1 atom stereocenters. The highest BCUT2D eigenvalue weighted by Crippen LogP contribution is 2.29. The number of nitrogens with zero attached hydrogens (tertiary/aromatic N) is 2. The molecule has 0 aliphatic heterocycles. The smallest absolute Gasteiger partial charge is 0.186 e. The average Bonchev–Trinajstić information content (AvgIpc) is 2.75. The lowest BCUT2D eigenvalue weighted by Gasteiger charge is -2.22. The highest BCUT2D eigenvalue weighted by atomic mass is 16.1. The fourth-order valence-corrected chi connectivity index (χ4v) is 2.37. The monoisotopic (exact) mass is 232 g/mol. The molecule has 0 fully saturated rings. The standard InChI is InChI=1S/C14H20N2O/c1-10(2)11-4-6-12(7-5-11)14(17)13-8-9-16(3)15-13/h4,8-10,12H,5-7H2,1-3H3. The van der Waals surface area contributed by atoms with Gasteiger partial charge in [-0.3, -0.25) is 9.48 Å². The molecule has 0 N–H and O–H groups in total. The van der Waals surface area contributed by atoms with Gasteiger partial charge in [-0.15, -0.1) is 0 Å². The van der Waals surface area contributed by atoms with Crippen LogP contribution in [0.3, 0.4) is 0 Å². The lowest BCUT2D eigenvalue weighted by atomic mass is 9.82. The number of allylic oxidation sites excluding steroid dienone is 2. The molecule has 0 saturated heterocycles. The van der Waals surface area contributed by atoms with Gasteiger partial charge in [0.25, 0.3) is 0 Å². The van der Waals surface area contributed by atoms with Gasteiger partial charge >= 0.3 is 0 Å². The van der Waals surface area contributed by atoms with Crippen molar-refractivity contribution in [3.8, 4) is 0 Å². The van der Waals surface area contributed by atoms with Crippen molar-refractivity contribution in [1.82, 2.24) is 9.78 Å². The molecule has 0 saturated carbocycles. The maximum absolute atomic E-state index is 12.2. The van der Waals surface area contributed by atoms with Crippen molar-refractivity contribution in [3.63, 3.8) is 0 Å². The van der Waals surface area contributed by atoms with Gasteiger partial charge < -0.3 is 0 Å². The van der Waals surface area contributed by atoms with Crippen molar-refractivity contribution >= 4 is 5.78 Å². The quantitative estimate of drug-likeness (QED) is 0.593. The van der Waals surface area contributed by atoms with Crippen LogP contribution in [-0.2, 0) is 7.05 Å². The van der Waals surface area contributed by atoms with Gasteiger partial charge in [-0.25, -0.2) is 0 Å². The summed E-state index contributed by atoms with van der Waals surface area (Å²) in [4.78, 5) is 12.2. The van der Waals surface area contributed by atoms with Crippen LogP contribution in [0.25, 0.3) is 0 Å². The van der Waals surface area contributed by atoms with Crippen LogP contribution in [0.15, 0.2) is 23.9 Å². The minimum Gasteiger partial charge on any atom is -0.292 e. The Kier molecular flexibility index (Phi) is 3.46. The number of hydrogen-bond acceptors (Lipinski definition) is 2. The molecular formula is C14H20N2O. The molecule has 1 aromatic heterocycles. The number of aryl methyl sites for hydroxylation is 1. The highest BCUT2D eigenvalue weighted by Gasteiger charge is 2.24.